The molecule has 0 fully saturated rings. The molecule has 132 valence electrons. The van der Waals surface area contributed by atoms with E-state index in [0.717, 1.165) is 20.4 Å². The van der Waals surface area contributed by atoms with Crippen molar-refractivity contribution < 1.29 is 9.47 Å². The largest absolute Gasteiger partial charge is 0.493 e. The predicted octanol–water partition coefficient (Wildman–Crippen LogP) is 6.28. The Balaban J connectivity index is 1.79. The van der Waals surface area contributed by atoms with Gasteiger partial charge in [-0.2, -0.15) is 0 Å². The van der Waals surface area contributed by atoms with Gasteiger partial charge in [0.15, 0.2) is 11.5 Å². The van der Waals surface area contributed by atoms with Crippen LogP contribution in [0, 0.1) is 3.57 Å². The molecule has 0 bridgehead atoms. The average Bonchev–Trinajstić information content (AvgIpc) is 2.66. The van der Waals surface area contributed by atoms with Crippen molar-refractivity contribution in [3.8, 4) is 11.5 Å². The number of hydrogen-bond donors (Lipinski definition) is 0. The van der Waals surface area contributed by atoms with Crippen LogP contribution in [-0.4, -0.2) is 13.3 Å². The van der Waals surface area contributed by atoms with Crippen molar-refractivity contribution in [2.45, 2.75) is 6.61 Å². The molecule has 26 heavy (non-hydrogen) atoms. The Morgan fingerprint density at radius 2 is 1.85 bits per heavy atom. The molecule has 0 unspecified atom stereocenters. The van der Waals surface area contributed by atoms with Crippen LogP contribution in [0.25, 0.3) is 0 Å². The van der Waals surface area contributed by atoms with E-state index in [-0.39, 0.29) is 0 Å². The molecule has 3 rings (SSSR count). The molecule has 3 aromatic rings. The summed E-state index contributed by atoms with van der Waals surface area (Å²) < 4.78 is 12.5. The summed E-state index contributed by atoms with van der Waals surface area (Å²) in [5, 5.41) is 0.695. The van der Waals surface area contributed by atoms with Crippen molar-refractivity contribution in [2.75, 3.05) is 7.11 Å². The summed E-state index contributed by atoms with van der Waals surface area (Å²) >= 11 is 8.27. The maximum Gasteiger partial charge on any atom is 0.174 e. The molecule has 3 aromatic carbocycles. The molecule has 0 atom stereocenters. The van der Waals surface area contributed by atoms with Gasteiger partial charge in [0.05, 0.1) is 16.4 Å². The van der Waals surface area contributed by atoms with Gasteiger partial charge in [-0.25, -0.2) is 0 Å². The first-order valence-electron chi connectivity index (χ1n) is 7.99. The molecular weight excluding hydrogens is 461 g/mol. The first kappa shape index (κ1) is 18.7. The fourth-order valence-electron chi connectivity index (χ4n) is 2.40. The van der Waals surface area contributed by atoms with Gasteiger partial charge in [0.1, 0.15) is 6.61 Å². The Morgan fingerprint density at radius 3 is 2.58 bits per heavy atom. The Hall–Kier alpha value is -2.05. The lowest BCUT2D eigenvalue weighted by atomic mass is 10.2. The summed E-state index contributed by atoms with van der Waals surface area (Å²) in [7, 11) is 1.63. The number of para-hydroxylation sites is 1. The molecule has 0 saturated carbocycles. The Morgan fingerprint density at radius 1 is 1.04 bits per heavy atom. The summed E-state index contributed by atoms with van der Waals surface area (Å²) in [6.45, 7) is 0.421. The number of halogens is 2. The highest BCUT2D eigenvalue weighted by Gasteiger charge is 2.11. The number of aliphatic imine (C=N–C) groups is 1. The monoisotopic (exact) mass is 477 g/mol. The molecule has 0 aromatic heterocycles. The van der Waals surface area contributed by atoms with Crippen LogP contribution in [0.2, 0.25) is 5.02 Å². The van der Waals surface area contributed by atoms with E-state index < -0.39 is 0 Å². The van der Waals surface area contributed by atoms with E-state index in [1.165, 1.54) is 0 Å². The zero-order valence-electron chi connectivity index (χ0n) is 14.2. The number of hydrogen-bond acceptors (Lipinski definition) is 3. The van der Waals surface area contributed by atoms with Crippen LogP contribution in [0.4, 0.5) is 5.69 Å². The highest BCUT2D eigenvalue weighted by Crippen LogP contribution is 2.34. The van der Waals surface area contributed by atoms with Crippen molar-refractivity contribution >= 4 is 46.1 Å². The normalized spacial score (nSPS) is 10.9. The molecule has 0 heterocycles. The summed E-state index contributed by atoms with van der Waals surface area (Å²) in [5.41, 5.74) is 2.86. The number of benzene rings is 3. The highest BCUT2D eigenvalue weighted by molar-refractivity contribution is 14.1. The predicted molar refractivity (Wildman–Crippen MR) is 115 cm³/mol. The molecule has 0 aliphatic rings. The van der Waals surface area contributed by atoms with E-state index in [1.807, 2.05) is 72.9 Å². The molecule has 0 N–H and O–H groups in total. The molecule has 3 nitrogen and oxygen atoms in total. The summed E-state index contributed by atoms with van der Waals surface area (Å²) in [6.07, 6.45) is 1.82. The maximum atomic E-state index is 6.03. The van der Waals surface area contributed by atoms with E-state index in [0.29, 0.717) is 23.1 Å². The van der Waals surface area contributed by atoms with E-state index in [9.17, 15) is 0 Å². The third kappa shape index (κ3) is 4.99. The number of methoxy groups -OCH3 is 1. The molecule has 5 heteroatoms. The van der Waals surface area contributed by atoms with Gasteiger partial charge in [0.2, 0.25) is 0 Å². The zero-order chi connectivity index (χ0) is 18.4. The van der Waals surface area contributed by atoms with Gasteiger partial charge in [-0.15, -0.1) is 0 Å². The standard InChI is InChI=1S/C21H17ClINO2/c1-25-20-12-16(13-24-18-8-3-2-4-9-18)11-19(23)21(20)26-14-15-6-5-7-17(22)10-15/h2-13H,14H2,1H3. The van der Waals surface area contributed by atoms with Crippen LogP contribution in [0.5, 0.6) is 11.5 Å². The van der Waals surface area contributed by atoms with Gasteiger partial charge in [0, 0.05) is 11.2 Å². The third-order valence-corrected chi connectivity index (χ3v) is 4.68. The minimum Gasteiger partial charge on any atom is -0.493 e. The number of nitrogens with zero attached hydrogens (tertiary/aromatic N) is 1. The van der Waals surface area contributed by atoms with Gasteiger partial charge in [-0.3, -0.25) is 4.99 Å². The zero-order valence-corrected chi connectivity index (χ0v) is 17.1. The lowest BCUT2D eigenvalue weighted by Gasteiger charge is -2.13. The minimum atomic E-state index is 0.421. The van der Waals surface area contributed by atoms with Gasteiger partial charge >= 0.3 is 0 Å². The fraction of sp³-hybridized carbons (Fsp3) is 0.0952. The maximum absolute atomic E-state index is 6.03. The molecular formula is C21H17ClINO2. The number of ether oxygens (including phenoxy) is 2. The topological polar surface area (TPSA) is 30.8 Å². The van der Waals surface area contributed by atoms with Gasteiger partial charge in [-0.05, 0) is 70.1 Å². The molecule has 0 amide bonds. The minimum absolute atomic E-state index is 0.421. The fourth-order valence-corrected chi connectivity index (χ4v) is 3.39. The Labute approximate surface area is 171 Å². The summed E-state index contributed by atoms with van der Waals surface area (Å²) in [4.78, 5) is 4.49. The quantitative estimate of drug-likeness (QED) is 0.309. The van der Waals surface area contributed by atoms with Crippen molar-refractivity contribution in [3.63, 3.8) is 0 Å². The van der Waals surface area contributed by atoms with Crippen LogP contribution >= 0.6 is 34.2 Å². The van der Waals surface area contributed by atoms with Crippen LogP contribution in [0.15, 0.2) is 71.7 Å². The number of rotatable bonds is 6. The SMILES string of the molecule is COc1cc(C=Nc2ccccc2)cc(I)c1OCc1cccc(Cl)c1. The Kier molecular flexibility index (Phi) is 6.52. The van der Waals surface area contributed by atoms with E-state index >= 15 is 0 Å². The van der Waals surface area contributed by atoms with Crippen molar-refractivity contribution in [2.24, 2.45) is 4.99 Å². The van der Waals surface area contributed by atoms with E-state index in [2.05, 4.69) is 27.6 Å². The van der Waals surface area contributed by atoms with E-state index in [4.69, 9.17) is 21.1 Å². The second-order valence-electron chi connectivity index (χ2n) is 5.55. The van der Waals surface area contributed by atoms with Crippen molar-refractivity contribution in [3.05, 3.63) is 86.4 Å². The smallest absolute Gasteiger partial charge is 0.174 e. The van der Waals surface area contributed by atoms with Crippen LogP contribution in [0.1, 0.15) is 11.1 Å². The van der Waals surface area contributed by atoms with Crippen LogP contribution < -0.4 is 9.47 Å². The van der Waals surface area contributed by atoms with Crippen LogP contribution in [-0.2, 0) is 6.61 Å². The average molecular weight is 478 g/mol. The van der Waals surface area contributed by atoms with Gasteiger partial charge in [-0.1, -0.05) is 41.9 Å². The third-order valence-electron chi connectivity index (χ3n) is 3.64. The molecule has 0 radical (unpaired) electrons. The lowest BCUT2D eigenvalue weighted by Crippen LogP contribution is -2.00. The summed E-state index contributed by atoms with van der Waals surface area (Å²) in [5.74, 6) is 1.39. The summed E-state index contributed by atoms with van der Waals surface area (Å²) in [6, 6.07) is 21.4. The highest BCUT2D eigenvalue weighted by atomic mass is 127. The first-order chi connectivity index (χ1) is 12.7. The van der Waals surface area contributed by atoms with Crippen molar-refractivity contribution in [1.82, 2.24) is 0 Å². The molecule has 0 aliphatic heterocycles. The lowest BCUT2D eigenvalue weighted by molar-refractivity contribution is 0.282. The first-order valence-corrected chi connectivity index (χ1v) is 9.45. The Bertz CT molecular complexity index is 913. The van der Waals surface area contributed by atoms with Gasteiger partial charge < -0.3 is 9.47 Å². The van der Waals surface area contributed by atoms with E-state index in [1.54, 1.807) is 7.11 Å². The van der Waals surface area contributed by atoms with Gasteiger partial charge in [0.25, 0.3) is 0 Å². The van der Waals surface area contributed by atoms with Crippen LogP contribution in [0.3, 0.4) is 0 Å². The van der Waals surface area contributed by atoms with Crippen molar-refractivity contribution in [1.29, 1.82) is 0 Å². The second-order valence-corrected chi connectivity index (χ2v) is 7.15. The molecule has 0 saturated heterocycles. The second kappa shape index (κ2) is 9.05. The molecule has 0 aliphatic carbocycles. The molecule has 0 spiro atoms.